The number of hydrogen-bond acceptors (Lipinski definition) is 6. The molecular formula is C12H11ClN2O3S. The molecule has 0 atom stereocenters. The van der Waals surface area contributed by atoms with Gasteiger partial charge in [-0.2, -0.15) is 0 Å². The normalized spacial score (nSPS) is 10.5. The maximum absolute atomic E-state index is 11.7. The summed E-state index contributed by atoms with van der Waals surface area (Å²) in [6.45, 7) is 1.80. The number of carbonyl (C=O) groups excluding carboxylic acids is 1. The summed E-state index contributed by atoms with van der Waals surface area (Å²) in [5.74, 6) is -0.514. The maximum atomic E-state index is 11.7. The standard InChI is InChI=1S/C12H11ClN2O3S/c1-6-5-18-12(15-6)19-10-8(11(16)17-2)3-7(14)4-9(10)13/h3-5H,14H2,1-2H3. The molecule has 100 valence electrons. The Bertz CT molecular complexity index is 627. The molecule has 1 heterocycles. The van der Waals surface area contributed by atoms with E-state index in [9.17, 15) is 4.79 Å². The number of nitrogens with two attached hydrogens (primary N) is 1. The van der Waals surface area contributed by atoms with Crippen molar-refractivity contribution in [2.45, 2.75) is 17.0 Å². The van der Waals surface area contributed by atoms with Gasteiger partial charge in [0.15, 0.2) is 0 Å². The van der Waals surface area contributed by atoms with E-state index in [0.717, 1.165) is 17.5 Å². The lowest BCUT2D eigenvalue weighted by atomic mass is 10.2. The summed E-state index contributed by atoms with van der Waals surface area (Å²) in [5, 5.41) is 0.746. The largest absolute Gasteiger partial charge is 0.465 e. The summed E-state index contributed by atoms with van der Waals surface area (Å²) in [7, 11) is 1.29. The summed E-state index contributed by atoms with van der Waals surface area (Å²) < 4.78 is 9.94. The number of carbonyl (C=O) groups is 1. The number of methoxy groups -OCH3 is 1. The molecule has 2 N–H and O–H groups in total. The molecule has 0 spiro atoms. The number of ether oxygens (including phenoxy) is 1. The highest BCUT2D eigenvalue weighted by Gasteiger charge is 2.19. The fraction of sp³-hybridized carbons (Fsp3) is 0.167. The molecule has 2 aromatic rings. The summed E-state index contributed by atoms with van der Waals surface area (Å²) in [6.07, 6.45) is 1.52. The van der Waals surface area contributed by atoms with E-state index in [1.165, 1.54) is 19.4 Å². The van der Waals surface area contributed by atoms with Crippen LogP contribution < -0.4 is 5.73 Å². The van der Waals surface area contributed by atoms with E-state index < -0.39 is 5.97 Å². The minimum absolute atomic E-state index is 0.286. The lowest BCUT2D eigenvalue weighted by molar-refractivity contribution is 0.0597. The monoisotopic (exact) mass is 298 g/mol. The molecule has 0 saturated heterocycles. The van der Waals surface area contributed by atoms with Crippen molar-refractivity contribution in [3.05, 3.63) is 34.7 Å². The zero-order valence-electron chi connectivity index (χ0n) is 10.3. The minimum Gasteiger partial charge on any atom is -0.465 e. The zero-order valence-corrected chi connectivity index (χ0v) is 11.8. The highest BCUT2D eigenvalue weighted by atomic mass is 35.5. The molecule has 0 aliphatic rings. The molecule has 5 nitrogen and oxygen atoms in total. The predicted octanol–water partition coefficient (Wildman–Crippen LogP) is 3.16. The van der Waals surface area contributed by atoms with Crippen LogP contribution in [0.3, 0.4) is 0 Å². The van der Waals surface area contributed by atoms with Gasteiger partial charge in [0.25, 0.3) is 5.22 Å². The number of aryl methyl sites for hydroxylation is 1. The van der Waals surface area contributed by atoms with Gasteiger partial charge < -0.3 is 14.9 Å². The minimum atomic E-state index is -0.514. The van der Waals surface area contributed by atoms with Gasteiger partial charge in [0.1, 0.15) is 6.26 Å². The van der Waals surface area contributed by atoms with Crippen LogP contribution in [0.25, 0.3) is 0 Å². The van der Waals surface area contributed by atoms with Crippen molar-refractivity contribution in [3.63, 3.8) is 0 Å². The van der Waals surface area contributed by atoms with Crippen molar-refractivity contribution in [1.29, 1.82) is 0 Å². The molecule has 0 saturated carbocycles. The van der Waals surface area contributed by atoms with Crippen LogP contribution in [0.2, 0.25) is 5.02 Å². The molecule has 1 aromatic heterocycles. The Morgan fingerprint density at radius 3 is 2.84 bits per heavy atom. The molecule has 0 unspecified atom stereocenters. The van der Waals surface area contributed by atoms with Crippen LogP contribution in [0.5, 0.6) is 0 Å². The first-order valence-electron chi connectivity index (χ1n) is 5.28. The average Bonchev–Trinajstić information content (AvgIpc) is 2.77. The van der Waals surface area contributed by atoms with Gasteiger partial charge in [-0.1, -0.05) is 11.6 Å². The summed E-state index contributed by atoms with van der Waals surface area (Å²) in [4.78, 5) is 16.4. The van der Waals surface area contributed by atoms with Gasteiger partial charge in [0.05, 0.1) is 28.3 Å². The third kappa shape index (κ3) is 3.02. The first kappa shape index (κ1) is 13.8. The van der Waals surface area contributed by atoms with Crippen LogP contribution in [0.4, 0.5) is 5.69 Å². The number of rotatable bonds is 3. The van der Waals surface area contributed by atoms with Gasteiger partial charge in [-0.3, -0.25) is 0 Å². The van der Waals surface area contributed by atoms with Crippen LogP contribution in [-0.2, 0) is 4.74 Å². The van der Waals surface area contributed by atoms with Crippen LogP contribution >= 0.6 is 23.4 Å². The number of esters is 1. The Hall–Kier alpha value is -1.66. The lowest BCUT2D eigenvalue weighted by Crippen LogP contribution is -2.05. The first-order valence-corrected chi connectivity index (χ1v) is 6.48. The number of aromatic nitrogens is 1. The molecule has 2 rings (SSSR count). The molecule has 19 heavy (non-hydrogen) atoms. The zero-order chi connectivity index (χ0) is 14.0. The predicted molar refractivity (Wildman–Crippen MR) is 72.6 cm³/mol. The highest BCUT2D eigenvalue weighted by Crippen LogP contribution is 2.37. The number of anilines is 1. The lowest BCUT2D eigenvalue weighted by Gasteiger charge is -2.09. The number of oxazole rings is 1. The van der Waals surface area contributed by atoms with E-state index in [4.69, 9.17) is 26.5 Å². The quantitative estimate of drug-likeness (QED) is 0.692. The second-order valence-corrected chi connectivity index (χ2v) is 5.10. The molecule has 7 heteroatoms. The van der Waals surface area contributed by atoms with Crippen LogP contribution in [0.1, 0.15) is 16.1 Å². The van der Waals surface area contributed by atoms with Crippen LogP contribution in [-0.4, -0.2) is 18.1 Å². The molecule has 0 bridgehead atoms. The number of benzene rings is 1. The third-order valence-electron chi connectivity index (χ3n) is 2.26. The number of nitrogens with zero attached hydrogens (tertiary/aromatic N) is 1. The smallest absolute Gasteiger partial charge is 0.339 e. The van der Waals surface area contributed by atoms with Crippen molar-refractivity contribution in [3.8, 4) is 0 Å². The van der Waals surface area contributed by atoms with E-state index in [-0.39, 0.29) is 5.56 Å². The van der Waals surface area contributed by atoms with Gasteiger partial charge in [-0.05, 0) is 30.8 Å². The fourth-order valence-corrected chi connectivity index (χ4v) is 2.66. The van der Waals surface area contributed by atoms with Gasteiger partial charge in [-0.15, -0.1) is 0 Å². The Morgan fingerprint density at radius 1 is 1.53 bits per heavy atom. The SMILES string of the molecule is COC(=O)c1cc(N)cc(Cl)c1Sc1nc(C)co1. The van der Waals surface area contributed by atoms with Crippen molar-refractivity contribution in [1.82, 2.24) is 4.98 Å². The van der Waals surface area contributed by atoms with Gasteiger partial charge in [0, 0.05) is 5.69 Å². The Labute approximate surface area is 119 Å². The van der Waals surface area contributed by atoms with Crippen molar-refractivity contribution in [2.75, 3.05) is 12.8 Å². The Balaban J connectivity index is 2.45. The van der Waals surface area contributed by atoms with E-state index in [1.54, 1.807) is 13.0 Å². The van der Waals surface area contributed by atoms with Gasteiger partial charge in [0.2, 0.25) is 0 Å². The number of nitrogen functional groups attached to an aromatic ring is 1. The average molecular weight is 299 g/mol. The summed E-state index contributed by atoms with van der Waals surface area (Å²) >= 11 is 7.26. The molecule has 0 fully saturated rings. The first-order chi connectivity index (χ1) is 9.01. The highest BCUT2D eigenvalue weighted by molar-refractivity contribution is 7.99. The third-order valence-corrected chi connectivity index (χ3v) is 3.67. The van der Waals surface area contributed by atoms with Crippen molar-refractivity contribution in [2.24, 2.45) is 0 Å². The second-order valence-electron chi connectivity index (χ2n) is 3.73. The van der Waals surface area contributed by atoms with E-state index >= 15 is 0 Å². The van der Waals surface area contributed by atoms with Crippen molar-refractivity contribution < 1.29 is 13.9 Å². The van der Waals surface area contributed by atoms with Crippen molar-refractivity contribution >= 4 is 35.0 Å². The fourth-order valence-electron chi connectivity index (χ4n) is 1.45. The second kappa shape index (κ2) is 5.54. The molecule has 0 aliphatic carbocycles. The van der Waals surface area contributed by atoms with E-state index in [0.29, 0.717) is 20.8 Å². The van der Waals surface area contributed by atoms with E-state index in [1.807, 2.05) is 0 Å². The number of hydrogen-bond donors (Lipinski definition) is 1. The maximum Gasteiger partial charge on any atom is 0.339 e. The summed E-state index contributed by atoms with van der Waals surface area (Å²) in [5.41, 5.74) is 7.09. The topological polar surface area (TPSA) is 78.4 Å². The van der Waals surface area contributed by atoms with Crippen LogP contribution in [0, 0.1) is 6.92 Å². The number of halogens is 1. The molecule has 1 aromatic carbocycles. The Kier molecular flexibility index (Phi) is 4.01. The van der Waals surface area contributed by atoms with E-state index in [2.05, 4.69) is 4.98 Å². The summed E-state index contributed by atoms with van der Waals surface area (Å²) in [6, 6.07) is 3.07. The van der Waals surface area contributed by atoms with Crippen LogP contribution in [0.15, 0.2) is 32.9 Å². The van der Waals surface area contributed by atoms with Gasteiger partial charge >= 0.3 is 5.97 Å². The molecular weight excluding hydrogens is 288 g/mol. The molecule has 0 aliphatic heterocycles. The molecule has 0 radical (unpaired) electrons. The molecule has 0 amide bonds. The Morgan fingerprint density at radius 2 is 2.26 bits per heavy atom. The van der Waals surface area contributed by atoms with Gasteiger partial charge in [-0.25, -0.2) is 9.78 Å².